The van der Waals surface area contributed by atoms with E-state index in [1.165, 1.54) is 18.9 Å². The molecule has 2 aliphatic rings. The Morgan fingerprint density at radius 1 is 1.10 bits per heavy atom. The highest BCUT2D eigenvalue weighted by molar-refractivity contribution is 14.1. The Kier molecular flexibility index (Phi) is 3.88. The highest BCUT2D eigenvalue weighted by Crippen LogP contribution is 2.40. The number of hydrogen-bond donors (Lipinski definition) is 2. The quantitative estimate of drug-likeness (QED) is 0.657. The van der Waals surface area contributed by atoms with Crippen molar-refractivity contribution < 1.29 is 9.18 Å². The van der Waals surface area contributed by atoms with Gasteiger partial charge >= 0.3 is 0 Å². The van der Waals surface area contributed by atoms with Crippen LogP contribution in [0.15, 0.2) is 12.1 Å². The molecule has 0 atom stereocenters. The van der Waals surface area contributed by atoms with Crippen LogP contribution in [0.25, 0.3) is 0 Å². The molecule has 1 fully saturated rings. The molecule has 1 aromatic rings. The van der Waals surface area contributed by atoms with Crippen molar-refractivity contribution in [2.75, 3.05) is 17.2 Å². The summed E-state index contributed by atoms with van der Waals surface area (Å²) in [4.78, 5) is 12.7. The fourth-order valence-corrected chi connectivity index (χ4v) is 3.67. The van der Waals surface area contributed by atoms with Crippen molar-refractivity contribution in [2.24, 2.45) is 5.41 Å². The summed E-state index contributed by atoms with van der Waals surface area (Å²) in [7, 11) is 0. The summed E-state index contributed by atoms with van der Waals surface area (Å²) in [6, 6.07) is 3.18. The third kappa shape index (κ3) is 2.52. The van der Waals surface area contributed by atoms with Crippen molar-refractivity contribution >= 4 is 39.9 Å². The summed E-state index contributed by atoms with van der Waals surface area (Å²) in [6.07, 6.45) is 6.43. The van der Waals surface area contributed by atoms with Crippen LogP contribution in [0.5, 0.6) is 0 Å². The molecule has 1 saturated carbocycles. The fourth-order valence-electron chi connectivity index (χ4n) is 3.21. The average Bonchev–Trinajstić information content (AvgIpc) is 2.73. The van der Waals surface area contributed by atoms with E-state index >= 15 is 0 Å². The standard InChI is InChI=1S/C15H18FIN2O/c16-10-7-12-13(8-11(10)17)19-14(20)15(9-18-12)5-3-1-2-4-6-15/h7-8,18H,1-6,9H2,(H,19,20). The summed E-state index contributed by atoms with van der Waals surface area (Å²) in [5.41, 5.74) is 1.05. The lowest BCUT2D eigenvalue weighted by atomic mass is 9.79. The molecular formula is C15H18FIN2O. The number of anilines is 2. The molecule has 3 rings (SSSR count). The van der Waals surface area contributed by atoms with E-state index in [9.17, 15) is 9.18 Å². The van der Waals surface area contributed by atoms with Crippen LogP contribution in [-0.4, -0.2) is 12.5 Å². The zero-order valence-corrected chi connectivity index (χ0v) is 13.4. The third-order valence-electron chi connectivity index (χ3n) is 4.47. The van der Waals surface area contributed by atoms with E-state index in [0.717, 1.165) is 25.7 Å². The van der Waals surface area contributed by atoms with E-state index in [0.29, 0.717) is 21.5 Å². The van der Waals surface area contributed by atoms with Gasteiger partial charge in [-0.2, -0.15) is 0 Å². The Hall–Kier alpha value is -0.850. The molecule has 0 saturated heterocycles. The van der Waals surface area contributed by atoms with Crippen LogP contribution in [0.3, 0.4) is 0 Å². The number of hydrogen-bond acceptors (Lipinski definition) is 2. The van der Waals surface area contributed by atoms with Crippen molar-refractivity contribution in [3.8, 4) is 0 Å². The first-order valence-corrected chi connectivity index (χ1v) is 8.23. The van der Waals surface area contributed by atoms with E-state index in [2.05, 4.69) is 10.6 Å². The number of carbonyl (C=O) groups is 1. The van der Waals surface area contributed by atoms with Crippen LogP contribution in [0.2, 0.25) is 0 Å². The first-order valence-electron chi connectivity index (χ1n) is 7.15. The second-order valence-electron chi connectivity index (χ2n) is 5.81. The highest BCUT2D eigenvalue weighted by atomic mass is 127. The number of nitrogens with one attached hydrogen (secondary N) is 2. The minimum absolute atomic E-state index is 0.0908. The van der Waals surface area contributed by atoms with Crippen LogP contribution in [-0.2, 0) is 4.79 Å². The molecule has 20 heavy (non-hydrogen) atoms. The molecule has 1 aliphatic carbocycles. The van der Waals surface area contributed by atoms with Crippen LogP contribution in [0.4, 0.5) is 15.8 Å². The minimum Gasteiger partial charge on any atom is -0.382 e. The lowest BCUT2D eigenvalue weighted by Gasteiger charge is -2.29. The largest absolute Gasteiger partial charge is 0.382 e. The Bertz CT molecular complexity index is 539. The van der Waals surface area contributed by atoms with Crippen molar-refractivity contribution in [3.63, 3.8) is 0 Å². The molecule has 2 N–H and O–H groups in total. The number of fused-ring (bicyclic) bond motifs is 1. The Labute approximate surface area is 131 Å². The van der Waals surface area contributed by atoms with Crippen molar-refractivity contribution in [1.82, 2.24) is 0 Å². The van der Waals surface area contributed by atoms with Gasteiger partial charge in [-0.1, -0.05) is 25.7 Å². The van der Waals surface area contributed by atoms with Gasteiger partial charge in [0.2, 0.25) is 5.91 Å². The predicted octanol–water partition coefficient (Wildman–Crippen LogP) is 4.13. The number of amides is 1. The maximum absolute atomic E-state index is 13.7. The number of halogens is 2. The monoisotopic (exact) mass is 388 g/mol. The molecule has 1 heterocycles. The zero-order valence-electron chi connectivity index (χ0n) is 11.3. The molecular weight excluding hydrogens is 370 g/mol. The fraction of sp³-hybridized carbons (Fsp3) is 0.533. The predicted molar refractivity (Wildman–Crippen MR) is 86.4 cm³/mol. The number of benzene rings is 1. The summed E-state index contributed by atoms with van der Waals surface area (Å²) in [6.45, 7) is 0.603. The number of rotatable bonds is 0. The van der Waals surface area contributed by atoms with Gasteiger partial charge in [0, 0.05) is 12.6 Å². The average molecular weight is 388 g/mol. The molecule has 1 aromatic carbocycles. The van der Waals surface area contributed by atoms with E-state index in [1.54, 1.807) is 6.07 Å². The molecule has 0 radical (unpaired) electrons. The van der Waals surface area contributed by atoms with Gasteiger partial charge in [-0.15, -0.1) is 0 Å². The first-order chi connectivity index (χ1) is 9.61. The Morgan fingerprint density at radius 2 is 1.80 bits per heavy atom. The summed E-state index contributed by atoms with van der Waals surface area (Å²) < 4.78 is 14.2. The van der Waals surface area contributed by atoms with Gasteiger partial charge in [0.15, 0.2) is 0 Å². The Balaban J connectivity index is 1.93. The molecule has 1 spiro atoms. The smallest absolute Gasteiger partial charge is 0.232 e. The van der Waals surface area contributed by atoms with E-state index in [1.807, 2.05) is 22.6 Å². The van der Waals surface area contributed by atoms with E-state index in [4.69, 9.17) is 0 Å². The van der Waals surface area contributed by atoms with E-state index in [-0.39, 0.29) is 17.1 Å². The van der Waals surface area contributed by atoms with Gasteiger partial charge in [-0.3, -0.25) is 4.79 Å². The SMILES string of the molecule is O=C1Nc2cc(I)c(F)cc2NCC12CCCCCC2. The normalized spacial score (nSPS) is 21.4. The van der Waals surface area contributed by atoms with Crippen LogP contribution < -0.4 is 10.6 Å². The zero-order chi connectivity index (χ0) is 14.2. The third-order valence-corrected chi connectivity index (χ3v) is 5.29. The molecule has 1 aliphatic heterocycles. The maximum atomic E-state index is 13.7. The van der Waals surface area contributed by atoms with Crippen molar-refractivity contribution in [1.29, 1.82) is 0 Å². The summed E-state index contributed by atoms with van der Waals surface area (Å²) in [5.74, 6) is -0.157. The molecule has 1 amide bonds. The Morgan fingerprint density at radius 3 is 2.50 bits per heavy atom. The van der Waals surface area contributed by atoms with Crippen LogP contribution >= 0.6 is 22.6 Å². The van der Waals surface area contributed by atoms with Gasteiger partial charge in [0.25, 0.3) is 0 Å². The second-order valence-corrected chi connectivity index (χ2v) is 6.98. The molecule has 0 aromatic heterocycles. The van der Waals surface area contributed by atoms with Gasteiger partial charge in [0.05, 0.1) is 20.4 Å². The van der Waals surface area contributed by atoms with Crippen molar-refractivity contribution in [2.45, 2.75) is 38.5 Å². The molecule has 5 heteroatoms. The second kappa shape index (κ2) is 5.50. The maximum Gasteiger partial charge on any atom is 0.232 e. The van der Waals surface area contributed by atoms with Crippen LogP contribution in [0, 0.1) is 14.8 Å². The van der Waals surface area contributed by atoms with Gasteiger partial charge in [0.1, 0.15) is 5.82 Å². The number of carbonyl (C=O) groups excluding carboxylic acids is 1. The van der Waals surface area contributed by atoms with Crippen molar-refractivity contribution in [3.05, 3.63) is 21.5 Å². The summed E-state index contributed by atoms with van der Waals surface area (Å²) >= 11 is 1.95. The molecule has 3 nitrogen and oxygen atoms in total. The van der Waals surface area contributed by atoms with Crippen LogP contribution in [0.1, 0.15) is 38.5 Å². The van der Waals surface area contributed by atoms with Gasteiger partial charge < -0.3 is 10.6 Å². The highest BCUT2D eigenvalue weighted by Gasteiger charge is 2.40. The summed E-state index contributed by atoms with van der Waals surface area (Å²) in [5, 5.41) is 6.29. The lowest BCUT2D eigenvalue weighted by Crippen LogP contribution is -2.39. The van der Waals surface area contributed by atoms with E-state index < -0.39 is 0 Å². The topological polar surface area (TPSA) is 41.1 Å². The first kappa shape index (κ1) is 14.1. The minimum atomic E-state index is -0.336. The van der Waals surface area contributed by atoms with Gasteiger partial charge in [-0.05, 0) is 41.5 Å². The molecule has 0 bridgehead atoms. The lowest BCUT2D eigenvalue weighted by molar-refractivity contribution is -0.125. The van der Waals surface area contributed by atoms with Gasteiger partial charge in [-0.25, -0.2) is 4.39 Å². The molecule has 0 unspecified atom stereocenters. The molecule has 108 valence electrons.